The van der Waals surface area contributed by atoms with Crippen molar-refractivity contribution in [2.45, 2.75) is 71.6 Å². The molecule has 0 aromatic heterocycles. The van der Waals surface area contributed by atoms with Gasteiger partial charge in [-0.25, -0.2) is 14.5 Å². The number of carbonyl (C=O) groups is 3. The van der Waals surface area contributed by atoms with Crippen molar-refractivity contribution in [1.82, 2.24) is 9.80 Å². The average Bonchev–Trinajstić information content (AvgIpc) is 2.88. The van der Waals surface area contributed by atoms with Crippen molar-refractivity contribution in [3.8, 4) is 6.07 Å². The monoisotopic (exact) mass is 353 g/mol. The van der Waals surface area contributed by atoms with Gasteiger partial charge in [0.05, 0.1) is 6.07 Å². The zero-order valence-electron chi connectivity index (χ0n) is 15.8. The van der Waals surface area contributed by atoms with Gasteiger partial charge >= 0.3 is 12.2 Å². The molecular formula is C17H27N3O5. The van der Waals surface area contributed by atoms with E-state index in [1.165, 1.54) is 4.90 Å². The molecule has 0 aromatic carbocycles. The van der Waals surface area contributed by atoms with E-state index in [4.69, 9.17) is 14.7 Å². The Morgan fingerprint density at radius 2 is 1.56 bits per heavy atom. The molecule has 0 N–H and O–H groups in total. The molecule has 0 aliphatic carbocycles. The summed E-state index contributed by atoms with van der Waals surface area (Å²) < 4.78 is 10.4. The number of carbonyl (C=O) groups excluding carboxylic acids is 3. The van der Waals surface area contributed by atoms with Crippen LogP contribution in [0.1, 0.15) is 54.4 Å². The molecule has 1 aliphatic rings. The fourth-order valence-electron chi connectivity index (χ4n) is 2.26. The largest absolute Gasteiger partial charge is 0.443 e. The van der Waals surface area contributed by atoms with E-state index >= 15 is 0 Å². The summed E-state index contributed by atoms with van der Waals surface area (Å²) >= 11 is 0. The molecule has 0 unspecified atom stereocenters. The van der Waals surface area contributed by atoms with Crippen molar-refractivity contribution in [3.63, 3.8) is 0 Å². The minimum Gasteiger partial charge on any atom is -0.443 e. The van der Waals surface area contributed by atoms with E-state index in [9.17, 15) is 14.4 Å². The lowest BCUT2D eigenvalue weighted by molar-refractivity contribution is -0.132. The Kier molecular flexibility index (Phi) is 6.41. The molecule has 25 heavy (non-hydrogen) atoms. The summed E-state index contributed by atoms with van der Waals surface area (Å²) in [6.07, 6.45) is -0.616. The summed E-state index contributed by atoms with van der Waals surface area (Å²) in [4.78, 5) is 39.2. The Morgan fingerprint density at radius 3 is 1.96 bits per heavy atom. The smallest absolute Gasteiger partial charge is 0.420 e. The van der Waals surface area contributed by atoms with E-state index in [1.807, 2.05) is 0 Å². The van der Waals surface area contributed by atoms with E-state index in [0.717, 1.165) is 0 Å². The molecule has 0 saturated carbocycles. The van der Waals surface area contributed by atoms with Gasteiger partial charge in [-0.05, 0) is 54.4 Å². The van der Waals surface area contributed by atoms with E-state index in [1.54, 1.807) is 41.5 Å². The molecule has 0 spiro atoms. The maximum atomic E-state index is 12.5. The second-order valence-corrected chi connectivity index (χ2v) is 7.92. The van der Waals surface area contributed by atoms with Gasteiger partial charge in [0.1, 0.15) is 23.8 Å². The lowest BCUT2D eigenvalue weighted by Crippen LogP contribution is -2.49. The van der Waals surface area contributed by atoms with Crippen molar-refractivity contribution < 1.29 is 23.9 Å². The number of nitriles is 1. The first-order chi connectivity index (χ1) is 11.3. The van der Waals surface area contributed by atoms with Gasteiger partial charge in [0.2, 0.25) is 5.91 Å². The van der Waals surface area contributed by atoms with Crippen LogP contribution in [0.25, 0.3) is 0 Å². The average molecular weight is 353 g/mol. The van der Waals surface area contributed by atoms with Gasteiger partial charge in [-0.2, -0.15) is 5.26 Å². The van der Waals surface area contributed by atoms with Crippen molar-refractivity contribution in [3.05, 3.63) is 0 Å². The molecular weight excluding hydrogens is 326 g/mol. The Bertz CT molecular complexity index is 540. The number of amides is 3. The van der Waals surface area contributed by atoms with E-state index < -0.39 is 41.9 Å². The third-order valence-electron chi connectivity index (χ3n) is 3.24. The summed E-state index contributed by atoms with van der Waals surface area (Å²) in [6.45, 7) is 9.85. The van der Waals surface area contributed by atoms with Gasteiger partial charge < -0.3 is 14.4 Å². The Hall–Kier alpha value is -2.30. The zero-order chi connectivity index (χ0) is 19.4. The first-order valence-electron chi connectivity index (χ1n) is 8.26. The van der Waals surface area contributed by atoms with E-state index in [-0.39, 0.29) is 0 Å². The number of hydrogen-bond donors (Lipinski definition) is 0. The van der Waals surface area contributed by atoms with Crippen LogP contribution in [0.15, 0.2) is 0 Å². The molecule has 140 valence electrons. The maximum Gasteiger partial charge on any atom is 0.420 e. The van der Waals surface area contributed by atoms with Gasteiger partial charge in [0.25, 0.3) is 0 Å². The minimum absolute atomic E-state index is 0.424. The molecule has 1 rings (SSSR count). The third-order valence-corrected chi connectivity index (χ3v) is 3.24. The fourth-order valence-corrected chi connectivity index (χ4v) is 2.26. The van der Waals surface area contributed by atoms with Crippen molar-refractivity contribution in [2.24, 2.45) is 0 Å². The number of rotatable bonds is 2. The molecule has 1 fully saturated rings. The van der Waals surface area contributed by atoms with Crippen LogP contribution < -0.4 is 0 Å². The minimum atomic E-state index is -0.956. The highest BCUT2D eigenvalue weighted by molar-refractivity contribution is 5.93. The summed E-state index contributed by atoms with van der Waals surface area (Å²) in [5, 5.41) is 9.10. The Balaban J connectivity index is 2.94. The van der Waals surface area contributed by atoms with E-state index in [2.05, 4.69) is 6.07 Å². The van der Waals surface area contributed by atoms with Crippen LogP contribution in [0.3, 0.4) is 0 Å². The normalized spacial score (nSPS) is 17.6. The third kappa shape index (κ3) is 6.61. The number of ether oxygens (including phenoxy) is 2. The number of likely N-dealkylation sites (tertiary alicyclic amines) is 1. The summed E-state index contributed by atoms with van der Waals surface area (Å²) in [5.74, 6) is -0.485. The SMILES string of the molecule is CC(C)(C)OC(=O)N(CC(=O)N1CCC[C@H]1C#N)C(=O)OC(C)(C)C. The second kappa shape index (κ2) is 7.72. The Morgan fingerprint density at radius 1 is 1.08 bits per heavy atom. The number of imide groups is 1. The molecule has 1 heterocycles. The maximum absolute atomic E-state index is 12.5. The molecule has 0 radical (unpaired) electrons. The van der Waals surface area contributed by atoms with E-state index in [0.29, 0.717) is 24.3 Å². The summed E-state index contributed by atoms with van der Waals surface area (Å²) in [7, 11) is 0. The predicted molar refractivity (Wildman–Crippen MR) is 89.5 cm³/mol. The zero-order valence-corrected chi connectivity index (χ0v) is 15.8. The van der Waals surface area contributed by atoms with Crippen LogP contribution in [0.2, 0.25) is 0 Å². The molecule has 3 amide bonds. The lowest BCUT2D eigenvalue weighted by Gasteiger charge is -2.29. The highest BCUT2D eigenvalue weighted by Gasteiger charge is 2.36. The van der Waals surface area contributed by atoms with Crippen LogP contribution in [0.4, 0.5) is 9.59 Å². The van der Waals surface area contributed by atoms with Gasteiger partial charge in [-0.3, -0.25) is 4.79 Å². The van der Waals surface area contributed by atoms with Gasteiger partial charge in [-0.1, -0.05) is 0 Å². The topological polar surface area (TPSA) is 99.9 Å². The molecule has 1 atom stereocenters. The van der Waals surface area contributed by atoms with Crippen LogP contribution in [-0.4, -0.2) is 58.2 Å². The second-order valence-electron chi connectivity index (χ2n) is 7.92. The van der Waals surface area contributed by atoms with Crippen molar-refractivity contribution >= 4 is 18.1 Å². The lowest BCUT2D eigenvalue weighted by atomic mass is 10.2. The van der Waals surface area contributed by atoms with Crippen LogP contribution in [0.5, 0.6) is 0 Å². The molecule has 0 bridgehead atoms. The number of hydrogen-bond acceptors (Lipinski definition) is 6. The Labute approximate surface area is 148 Å². The van der Waals surface area contributed by atoms with Gasteiger partial charge in [0, 0.05) is 6.54 Å². The summed E-state index contributed by atoms with van der Waals surface area (Å²) in [5.41, 5.74) is -1.66. The van der Waals surface area contributed by atoms with Crippen LogP contribution in [0, 0.1) is 11.3 Å². The molecule has 8 heteroatoms. The molecule has 1 aliphatic heterocycles. The number of nitrogens with zero attached hydrogens (tertiary/aromatic N) is 3. The highest BCUT2D eigenvalue weighted by Crippen LogP contribution is 2.19. The van der Waals surface area contributed by atoms with Crippen molar-refractivity contribution in [1.29, 1.82) is 5.26 Å². The van der Waals surface area contributed by atoms with Crippen molar-refractivity contribution in [2.75, 3.05) is 13.1 Å². The van der Waals surface area contributed by atoms with Gasteiger partial charge in [0.15, 0.2) is 0 Å². The van der Waals surface area contributed by atoms with Crippen LogP contribution in [-0.2, 0) is 14.3 Å². The predicted octanol–water partition coefficient (Wildman–Crippen LogP) is 2.67. The molecule has 8 nitrogen and oxygen atoms in total. The first kappa shape index (κ1) is 20.7. The molecule has 0 aromatic rings. The highest BCUT2D eigenvalue weighted by atomic mass is 16.6. The summed E-state index contributed by atoms with van der Waals surface area (Å²) in [6, 6.07) is 1.52. The standard InChI is InChI=1S/C17H27N3O5/c1-16(2,3)24-14(22)20(15(23)25-17(4,5)6)11-13(21)19-9-7-8-12(19)10-18/h12H,7-9,11H2,1-6H3/t12-/m0/s1. The van der Waals surface area contributed by atoms with Gasteiger partial charge in [-0.15, -0.1) is 0 Å². The van der Waals surface area contributed by atoms with Crippen LogP contribution >= 0.6 is 0 Å². The first-order valence-corrected chi connectivity index (χ1v) is 8.26. The molecule has 1 saturated heterocycles. The quantitative estimate of drug-likeness (QED) is 0.756. The fraction of sp³-hybridized carbons (Fsp3) is 0.765.